The molecule has 1 aromatic heterocycles. The van der Waals surface area contributed by atoms with E-state index in [4.69, 9.17) is 10.8 Å². The van der Waals surface area contributed by atoms with Gasteiger partial charge in [0, 0.05) is 24.1 Å². The molecule has 18 heavy (non-hydrogen) atoms. The van der Waals surface area contributed by atoms with Gasteiger partial charge in [-0.15, -0.1) is 0 Å². The zero-order valence-corrected chi connectivity index (χ0v) is 11.7. The minimum atomic E-state index is -0.125. The van der Waals surface area contributed by atoms with Crippen molar-refractivity contribution in [3.05, 3.63) is 11.9 Å². The normalized spacial score (nSPS) is 13.4. The number of rotatable bonds is 5. The van der Waals surface area contributed by atoms with Gasteiger partial charge in [0.25, 0.3) is 0 Å². The average molecular weight is 252 g/mol. The number of nitrogens with one attached hydrogen (secondary N) is 1. The van der Waals surface area contributed by atoms with E-state index in [1.807, 2.05) is 0 Å². The fourth-order valence-electron chi connectivity index (χ4n) is 1.60. The highest BCUT2D eigenvalue weighted by molar-refractivity contribution is 5.45. The first-order valence-electron chi connectivity index (χ1n) is 6.35. The zero-order valence-electron chi connectivity index (χ0n) is 11.7. The summed E-state index contributed by atoms with van der Waals surface area (Å²) in [6, 6.07) is 1.99. The van der Waals surface area contributed by atoms with Crippen LogP contribution in [0.2, 0.25) is 0 Å². The second-order valence-corrected chi connectivity index (χ2v) is 5.66. The van der Waals surface area contributed by atoms with Gasteiger partial charge in [0.1, 0.15) is 17.5 Å². The Morgan fingerprint density at radius 3 is 2.61 bits per heavy atom. The van der Waals surface area contributed by atoms with Gasteiger partial charge in [-0.2, -0.15) is 0 Å². The molecule has 1 heterocycles. The molecular weight excluding hydrogens is 228 g/mol. The summed E-state index contributed by atoms with van der Waals surface area (Å²) >= 11 is 0. The second-order valence-electron chi connectivity index (χ2n) is 5.66. The summed E-state index contributed by atoms with van der Waals surface area (Å²) in [5, 5.41) is 12.1. The number of hydrogen-bond donors (Lipinski definition) is 3. The molecule has 0 saturated carbocycles. The number of nitrogens with zero attached hydrogens (tertiary/aromatic N) is 2. The molecule has 5 nitrogen and oxygen atoms in total. The Kier molecular flexibility index (Phi) is 4.90. The lowest BCUT2D eigenvalue weighted by Crippen LogP contribution is -2.21. The molecule has 0 radical (unpaired) electrons. The van der Waals surface area contributed by atoms with Gasteiger partial charge in [0.15, 0.2) is 0 Å². The molecular formula is C13H24N4O. The van der Waals surface area contributed by atoms with Gasteiger partial charge in [-0.1, -0.05) is 20.8 Å². The van der Waals surface area contributed by atoms with E-state index in [9.17, 15) is 0 Å². The minimum absolute atomic E-state index is 0.125. The van der Waals surface area contributed by atoms with E-state index in [1.165, 1.54) is 0 Å². The second kappa shape index (κ2) is 6.00. The molecule has 102 valence electrons. The van der Waals surface area contributed by atoms with Crippen LogP contribution in [0.5, 0.6) is 0 Å². The maximum atomic E-state index is 8.80. The Bertz CT molecular complexity index is 387. The molecule has 1 atom stereocenters. The summed E-state index contributed by atoms with van der Waals surface area (Å²) in [5.41, 5.74) is 5.68. The molecule has 0 aromatic carbocycles. The number of hydrogen-bond acceptors (Lipinski definition) is 5. The van der Waals surface area contributed by atoms with Crippen molar-refractivity contribution in [1.82, 2.24) is 9.97 Å². The van der Waals surface area contributed by atoms with Crippen LogP contribution >= 0.6 is 0 Å². The van der Waals surface area contributed by atoms with Crippen LogP contribution in [-0.4, -0.2) is 27.7 Å². The third kappa shape index (κ3) is 4.49. The number of aliphatic hydroxyl groups is 1. The third-order valence-corrected chi connectivity index (χ3v) is 2.61. The molecule has 0 bridgehead atoms. The summed E-state index contributed by atoms with van der Waals surface area (Å²) in [6.45, 7) is 8.44. The van der Waals surface area contributed by atoms with Crippen LogP contribution in [0.1, 0.15) is 46.4 Å². The summed E-state index contributed by atoms with van der Waals surface area (Å²) in [4.78, 5) is 8.75. The van der Waals surface area contributed by atoms with Crippen LogP contribution in [0.15, 0.2) is 6.07 Å². The number of nitrogen functional groups attached to an aromatic ring is 1. The van der Waals surface area contributed by atoms with Crippen molar-refractivity contribution in [1.29, 1.82) is 0 Å². The molecule has 0 fully saturated rings. The number of aromatic nitrogens is 2. The Labute approximate surface area is 109 Å². The molecule has 5 heteroatoms. The molecule has 0 amide bonds. The topological polar surface area (TPSA) is 84.1 Å². The van der Waals surface area contributed by atoms with Gasteiger partial charge >= 0.3 is 0 Å². The first-order chi connectivity index (χ1) is 8.32. The predicted octanol–water partition coefficient (Wildman–Crippen LogP) is 1.93. The van der Waals surface area contributed by atoms with Crippen molar-refractivity contribution in [2.24, 2.45) is 0 Å². The van der Waals surface area contributed by atoms with Gasteiger partial charge in [0.2, 0.25) is 0 Å². The first-order valence-corrected chi connectivity index (χ1v) is 6.35. The van der Waals surface area contributed by atoms with E-state index in [-0.39, 0.29) is 18.1 Å². The average Bonchev–Trinajstić information content (AvgIpc) is 2.24. The molecule has 1 aromatic rings. The molecule has 1 rings (SSSR count). The summed E-state index contributed by atoms with van der Waals surface area (Å²) in [6.07, 6.45) is 1.67. The number of anilines is 2. The van der Waals surface area contributed by atoms with Crippen LogP contribution in [-0.2, 0) is 5.41 Å². The quantitative estimate of drug-likeness (QED) is 0.745. The van der Waals surface area contributed by atoms with Crippen molar-refractivity contribution in [2.45, 2.75) is 52.0 Å². The fraction of sp³-hybridized carbons (Fsp3) is 0.692. The number of aliphatic hydroxyl groups excluding tert-OH is 1. The van der Waals surface area contributed by atoms with Gasteiger partial charge < -0.3 is 16.2 Å². The Balaban J connectivity index is 2.80. The zero-order chi connectivity index (χ0) is 13.8. The molecule has 0 spiro atoms. The van der Waals surface area contributed by atoms with Crippen molar-refractivity contribution in [3.63, 3.8) is 0 Å². The van der Waals surface area contributed by atoms with Gasteiger partial charge in [-0.25, -0.2) is 9.97 Å². The molecule has 0 saturated heterocycles. The highest BCUT2D eigenvalue weighted by atomic mass is 16.2. The lowest BCUT2D eigenvalue weighted by Gasteiger charge is -2.20. The monoisotopic (exact) mass is 252 g/mol. The molecule has 0 aliphatic rings. The van der Waals surface area contributed by atoms with Gasteiger partial charge in [0.05, 0.1) is 0 Å². The molecule has 0 aliphatic heterocycles. The van der Waals surface area contributed by atoms with Crippen molar-refractivity contribution in [2.75, 3.05) is 17.7 Å². The van der Waals surface area contributed by atoms with E-state index in [0.29, 0.717) is 5.82 Å². The summed E-state index contributed by atoms with van der Waals surface area (Å²) < 4.78 is 0. The van der Waals surface area contributed by atoms with E-state index in [1.54, 1.807) is 6.07 Å². The van der Waals surface area contributed by atoms with Gasteiger partial charge in [-0.3, -0.25) is 0 Å². The predicted molar refractivity (Wildman–Crippen MR) is 74.5 cm³/mol. The van der Waals surface area contributed by atoms with Crippen LogP contribution < -0.4 is 11.1 Å². The summed E-state index contributed by atoms with van der Waals surface area (Å²) in [7, 11) is 0. The largest absolute Gasteiger partial charge is 0.396 e. The third-order valence-electron chi connectivity index (χ3n) is 2.61. The summed E-state index contributed by atoms with van der Waals surface area (Å²) in [5.74, 6) is 1.96. The number of nitrogens with two attached hydrogens (primary N) is 1. The SMILES string of the molecule is CC(CCCO)Nc1cc(N)nc(C(C)(C)C)n1. The standard InChI is InChI=1S/C13H24N4O/c1-9(6-5-7-18)15-11-8-10(14)16-12(17-11)13(2,3)4/h8-9,18H,5-7H2,1-4H3,(H3,14,15,16,17). The van der Waals surface area contributed by atoms with E-state index in [0.717, 1.165) is 24.5 Å². The van der Waals surface area contributed by atoms with Crippen LogP contribution in [0.4, 0.5) is 11.6 Å². The lowest BCUT2D eigenvalue weighted by atomic mass is 9.96. The first kappa shape index (κ1) is 14.7. The van der Waals surface area contributed by atoms with Crippen LogP contribution in [0, 0.1) is 0 Å². The molecule has 1 unspecified atom stereocenters. The highest BCUT2D eigenvalue weighted by Gasteiger charge is 2.18. The molecule has 4 N–H and O–H groups in total. The Hall–Kier alpha value is -1.36. The van der Waals surface area contributed by atoms with Crippen molar-refractivity contribution >= 4 is 11.6 Å². The minimum Gasteiger partial charge on any atom is -0.396 e. The maximum absolute atomic E-state index is 8.80. The lowest BCUT2D eigenvalue weighted by molar-refractivity contribution is 0.282. The van der Waals surface area contributed by atoms with E-state index >= 15 is 0 Å². The highest BCUT2D eigenvalue weighted by Crippen LogP contribution is 2.21. The maximum Gasteiger partial charge on any atom is 0.138 e. The fourth-order valence-corrected chi connectivity index (χ4v) is 1.60. The van der Waals surface area contributed by atoms with Gasteiger partial charge in [-0.05, 0) is 19.8 Å². The van der Waals surface area contributed by atoms with E-state index in [2.05, 4.69) is 43.0 Å². The van der Waals surface area contributed by atoms with Crippen LogP contribution in [0.3, 0.4) is 0 Å². The Morgan fingerprint density at radius 1 is 1.39 bits per heavy atom. The van der Waals surface area contributed by atoms with Crippen molar-refractivity contribution in [3.8, 4) is 0 Å². The van der Waals surface area contributed by atoms with E-state index < -0.39 is 0 Å². The molecule has 0 aliphatic carbocycles. The Morgan fingerprint density at radius 2 is 2.06 bits per heavy atom. The van der Waals surface area contributed by atoms with Crippen molar-refractivity contribution < 1.29 is 5.11 Å². The smallest absolute Gasteiger partial charge is 0.138 e. The van der Waals surface area contributed by atoms with Crippen LogP contribution in [0.25, 0.3) is 0 Å².